The van der Waals surface area contributed by atoms with Gasteiger partial charge in [-0.3, -0.25) is 4.79 Å². The summed E-state index contributed by atoms with van der Waals surface area (Å²) >= 11 is 0. The molecule has 3 heteroatoms. The van der Waals surface area contributed by atoms with E-state index in [9.17, 15) is 4.79 Å². The molecule has 0 spiro atoms. The fraction of sp³-hybridized carbons (Fsp3) is 0.500. The molecular weight excluding hydrogens is 120 g/mol. The molecule has 0 rings (SSSR count). The van der Waals surface area contributed by atoms with Crippen LogP contribution in [-0.4, -0.2) is 28.7 Å². The molecule has 0 aliphatic carbocycles. The van der Waals surface area contributed by atoms with Gasteiger partial charge in [0.25, 0.3) is 0 Å². The van der Waals surface area contributed by atoms with Crippen molar-refractivity contribution in [3.63, 3.8) is 0 Å². The summed E-state index contributed by atoms with van der Waals surface area (Å²) in [5.74, 6) is -0.502. The van der Waals surface area contributed by atoms with Crippen LogP contribution in [0.15, 0.2) is 12.2 Å². The highest BCUT2D eigenvalue weighted by atomic mass is 16.3. The van der Waals surface area contributed by atoms with Crippen molar-refractivity contribution in [2.75, 3.05) is 6.61 Å². The zero-order valence-electron chi connectivity index (χ0n) is 5.29. The third kappa shape index (κ3) is 2.39. The van der Waals surface area contributed by atoms with Gasteiger partial charge >= 0.3 is 0 Å². The van der Waals surface area contributed by atoms with Gasteiger partial charge in [-0.2, -0.15) is 0 Å². The average Bonchev–Trinajstić information content (AvgIpc) is 1.84. The molecule has 0 saturated heterocycles. The van der Waals surface area contributed by atoms with Gasteiger partial charge in [-0.05, 0) is 12.5 Å². The third-order valence-corrected chi connectivity index (χ3v) is 0.896. The molecule has 0 heterocycles. The Morgan fingerprint density at radius 2 is 2.22 bits per heavy atom. The maximum Gasteiger partial charge on any atom is 0.188 e. The van der Waals surface area contributed by atoms with Crippen molar-refractivity contribution >= 4 is 5.78 Å². The maximum atomic E-state index is 10.6. The molecule has 0 saturated carbocycles. The molecule has 0 fully saturated rings. The van der Waals surface area contributed by atoms with E-state index in [0.29, 0.717) is 0 Å². The number of carbonyl (C=O) groups excluding carboxylic acids is 1. The van der Waals surface area contributed by atoms with Gasteiger partial charge < -0.3 is 10.2 Å². The normalized spacial score (nSPS) is 12.8. The SMILES string of the molecule is C=C(C)C(=O)C(O)CO. The Labute approximate surface area is 53.6 Å². The Bertz CT molecular complexity index is 128. The van der Waals surface area contributed by atoms with Gasteiger partial charge in [-0.1, -0.05) is 6.58 Å². The van der Waals surface area contributed by atoms with Crippen molar-refractivity contribution in [1.29, 1.82) is 0 Å². The number of hydrogen-bond donors (Lipinski definition) is 2. The molecule has 52 valence electrons. The Balaban J connectivity index is 3.88. The number of carbonyl (C=O) groups is 1. The number of hydrogen-bond acceptors (Lipinski definition) is 3. The van der Waals surface area contributed by atoms with Crippen LogP contribution < -0.4 is 0 Å². The van der Waals surface area contributed by atoms with Crippen LogP contribution >= 0.6 is 0 Å². The highest BCUT2D eigenvalue weighted by molar-refractivity contribution is 5.97. The number of Topliss-reactive ketones (excluding diaryl/α,β-unsaturated/α-hetero) is 1. The highest BCUT2D eigenvalue weighted by Gasteiger charge is 2.12. The molecule has 2 N–H and O–H groups in total. The van der Waals surface area contributed by atoms with Crippen molar-refractivity contribution in [1.82, 2.24) is 0 Å². The molecule has 0 aliphatic heterocycles. The summed E-state index contributed by atoms with van der Waals surface area (Å²) in [6.45, 7) is 4.25. The molecule has 0 aromatic carbocycles. The van der Waals surface area contributed by atoms with Crippen LogP contribution in [-0.2, 0) is 4.79 Å². The Hall–Kier alpha value is -0.670. The number of ketones is 1. The summed E-state index contributed by atoms with van der Waals surface area (Å²) < 4.78 is 0. The Morgan fingerprint density at radius 1 is 1.78 bits per heavy atom. The van der Waals surface area contributed by atoms with Gasteiger partial charge in [0, 0.05) is 0 Å². The van der Waals surface area contributed by atoms with E-state index in [-0.39, 0.29) is 5.57 Å². The van der Waals surface area contributed by atoms with Crippen molar-refractivity contribution < 1.29 is 15.0 Å². The van der Waals surface area contributed by atoms with Crippen molar-refractivity contribution in [2.45, 2.75) is 13.0 Å². The number of aliphatic hydroxyl groups is 2. The van der Waals surface area contributed by atoms with Gasteiger partial charge in [0.2, 0.25) is 0 Å². The molecular formula is C6H10O3. The second-order valence-corrected chi connectivity index (χ2v) is 1.84. The monoisotopic (exact) mass is 130 g/mol. The maximum absolute atomic E-state index is 10.6. The van der Waals surface area contributed by atoms with E-state index < -0.39 is 18.5 Å². The summed E-state index contributed by atoms with van der Waals surface area (Å²) in [6, 6.07) is 0. The van der Waals surface area contributed by atoms with Gasteiger partial charge in [-0.15, -0.1) is 0 Å². The molecule has 1 unspecified atom stereocenters. The summed E-state index contributed by atoms with van der Waals surface area (Å²) in [7, 11) is 0. The van der Waals surface area contributed by atoms with E-state index in [1.54, 1.807) is 0 Å². The van der Waals surface area contributed by atoms with Gasteiger partial charge in [0.05, 0.1) is 6.61 Å². The summed E-state index contributed by atoms with van der Waals surface area (Å²) in [5, 5.41) is 16.9. The third-order valence-electron chi connectivity index (χ3n) is 0.896. The molecule has 0 radical (unpaired) electrons. The first kappa shape index (κ1) is 8.33. The van der Waals surface area contributed by atoms with Crippen molar-refractivity contribution in [2.24, 2.45) is 0 Å². The predicted octanol–water partition coefficient (Wildman–Crippen LogP) is -0.515. The summed E-state index contributed by atoms with van der Waals surface area (Å²) in [6.07, 6.45) is -1.29. The lowest BCUT2D eigenvalue weighted by Crippen LogP contribution is -2.24. The van der Waals surface area contributed by atoms with E-state index >= 15 is 0 Å². The van der Waals surface area contributed by atoms with E-state index in [1.165, 1.54) is 6.92 Å². The first-order valence-corrected chi connectivity index (χ1v) is 2.58. The van der Waals surface area contributed by atoms with Crippen molar-refractivity contribution in [3.8, 4) is 0 Å². The van der Waals surface area contributed by atoms with Crippen LogP contribution in [0, 0.1) is 0 Å². The predicted molar refractivity (Wildman–Crippen MR) is 32.9 cm³/mol. The summed E-state index contributed by atoms with van der Waals surface area (Å²) in [4.78, 5) is 10.6. The minimum absolute atomic E-state index is 0.261. The van der Waals surface area contributed by atoms with Gasteiger partial charge in [0.15, 0.2) is 5.78 Å². The highest BCUT2D eigenvalue weighted by Crippen LogP contribution is 1.94. The van der Waals surface area contributed by atoms with Crippen LogP contribution in [0.5, 0.6) is 0 Å². The van der Waals surface area contributed by atoms with Crippen LogP contribution in [0.3, 0.4) is 0 Å². The average molecular weight is 130 g/mol. The molecule has 1 atom stereocenters. The second kappa shape index (κ2) is 3.37. The minimum atomic E-state index is -1.29. The van der Waals surface area contributed by atoms with Crippen molar-refractivity contribution in [3.05, 3.63) is 12.2 Å². The molecule has 9 heavy (non-hydrogen) atoms. The van der Waals surface area contributed by atoms with Crippen LogP contribution in [0.25, 0.3) is 0 Å². The lowest BCUT2D eigenvalue weighted by Gasteiger charge is -2.03. The van der Waals surface area contributed by atoms with E-state index in [2.05, 4.69) is 6.58 Å². The number of aliphatic hydroxyl groups excluding tert-OH is 2. The zero-order chi connectivity index (χ0) is 7.44. The van der Waals surface area contributed by atoms with E-state index in [0.717, 1.165) is 0 Å². The molecule has 0 aromatic rings. The van der Waals surface area contributed by atoms with E-state index in [4.69, 9.17) is 10.2 Å². The molecule has 0 bridgehead atoms. The smallest absolute Gasteiger partial charge is 0.188 e. The minimum Gasteiger partial charge on any atom is -0.393 e. The number of rotatable bonds is 3. The fourth-order valence-electron chi connectivity index (χ4n) is 0.367. The summed E-state index contributed by atoms with van der Waals surface area (Å²) in [5.41, 5.74) is 0.261. The van der Waals surface area contributed by atoms with Gasteiger partial charge in [0.1, 0.15) is 6.10 Å². The second-order valence-electron chi connectivity index (χ2n) is 1.84. The molecule has 0 aromatic heterocycles. The standard InChI is InChI=1S/C6H10O3/c1-4(2)6(9)5(8)3-7/h5,7-8H,1,3H2,2H3. The Morgan fingerprint density at radius 3 is 2.33 bits per heavy atom. The molecule has 0 aliphatic rings. The first-order chi connectivity index (χ1) is 4.09. The van der Waals surface area contributed by atoms with Crippen LogP contribution in [0.4, 0.5) is 0 Å². The molecule has 3 nitrogen and oxygen atoms in total. The van der Waals surface area contributed by atoms with Gasteiger partial charge in [-0.25, -0.2) is 0 Å². The first-order valence-electron chi connectivity index (χ1n) is 2.58. The molecule has 0 amide bonds. The fourth-order valence-corrected chi connectivity index (χ4v) is 0.367. The topological polar surface area (TPSA) is 57.5 Å². The lowest BCUT2D eigenvalue weighted by molar-refractivity contribution is -0.124. The largest absolute Gasteiger partial charge is 0.393 e. The van der Waals surface area contributed by atoms with Crippen LogP contribution in [0.2, 0.25) is 0 Å². The van der Waals surface area contributed by atoms with Crippen LogP contribution in [0.1, 0.15) is 6.92 Å². The zero-order valence-corrected chi connectivity index (χ0v) is 5.29. The van der Waals surface area contributed by atoms with E-state index in [1.807, 2.05) is 0 Å². The quantitative estimate of drug-likeness (QED) is 0.505. The Kier molecular flexibility index (Phi) is 3.12. The lowest BCUT2D eigenvalue weighted by atomic mass is 10.1.